The molecule has 1 N–H and O–H groups in total. The second kappa shape index (κ2) is 4.28. The van der Waals surface area contributed by atoms with Crippen LogP contribution in [0.5, 0.6) is 0 Å². The Kier molecular flexibility index (Phi) is 2.82. The zero-order valence-corrected chi connectivity index (χ0v) is 8.82. The second-order valence-corrected chi connectivity index (χ2v) is 3.27. The van der Waals surface area contributed by atoms with Crippen molar-refractivity contribution in [1.82, 2.24) is 14.8 Å². The van der Waals surface area contributed by atoms with E-state index >= 15 is 0 Å². The van der Waals surface area contributed by atoms with Crippen molar-refractivity contribution in [1.29, 1.82) is 0 Å². The number of nitrogens with one attached hydrogen (secondary N) is 1. The molecule has 17 heavy (non-hydrogen) atoms. The molecule has 0 aromatic carbocycles. The average molecular weight is 238 g/mol. The summed E-state index contributed by atoms with van der Waals surface area (Å²) in [6.07, 6.45) is 1.44. The van der Waals surface area contributed by atoms with Gasteiger partial charge in [0, 0.05) is 13.2 Å². The van der Waals surface area contributed by atoms with Gasteiger partial charge in [-0.3, -0.25) is 9.48 Å². The number of nitrogens with zero attached hydrogens (tertiary/aromatic N) is 3. The number of anilines is 1. The monoisotopic (exact) mass is 238 g/mol. The first-order chi connectivity index (χ1) is 8.08. The third-order valence-electron chi connectivity index (χ3n) is 2.12. The van der Waals surface area contributed by atoms with Crippen LogP contribution in [0.25, 0.3) is 0 Å². The number of aryl methyl sites for hydroxylation is 1. The number of halogens is 2. The fourth-order valence-electron chi connectivity index (χ4n) is 1.29. The molecule has 2 rings (SSSR count). The summed E-state index contributed by atoms with van der Waals surface area (Å²) in [4.78, 5) is 14.6. The quantitative estimate of drug-likeness (QED) is 0.803. The lowest BCUT2D eigenvalue weighted by Gasteiger charge is -2.05. The summed E-state index contributed by atoms with van der Waals surface area (Å²) in [6.45, 7) is 0. The molecule has 88 valence electrons. The Bertz CT molecular complexity index is 567. The normalized spacial score (nSPS) is 10.3. The lowest BCUT2D eigenvalue weighted by molar-refractivity contribution is 0.101. The number of carbonyl (C=O) groups excluding carboxylic acids is 1. The standard InChI is InChI=1S/C10H8F2N4O/c1-16-7(4-5-13-16)10(17)14-6-2-3-8(11)15-9(6)12/h2-5H,1H3,(H,14,17). The Labute approximate surface area is 95.1 Å². The van der Waals surface area contributed by atoms with Crippen LogP contribution in [0.4, 0.5) is 14.5 Å². The van der Waals surface area contributed by atoms with Crippen molar-refractivity contribution in [2.24, 2.45) is 7.05 Å². The molecule has 2 aromatic rings. The predicted molar refractivity (Wildman–Crippen MR) is 55.3 cm³/mol. The highest BCUT2D eigenvalue weighted by Gasteiger charge is 2.13. The van der Waals surface area contributed by atoms with Crippen LogP contribution in [0, 0.1) is 11.9 Å². The van der Waals surface area contributed by atoms with E-state index in [-0.39, 0.29) is 11.4 Å². The molecule has 0 spiro atoms. The van der Waals surface area contributed by atoms with E-state index < -0.39 is 17.8 Å². The average Bonchev–Trinajstić information content (AvgIpc) is 2.68. The SMILES string of the molecule is Cn1nccc1C(=O)Nc1ccc(F)nc1F. The number of hydrogen-bond donors (Lipinski definition) is 1. The molecule has 0 unspecified atom stereocenters. The Morgan fingerprint density at radius 2 is 2.12 bits per heavy atom. The van der Waals surface area contributed by atoms with E-state index in [0.29, 0.717) is 0 Å². The van der Waals surface area contributed by atoms with Gasteiger partial charge in [-0.15, -0.1) is 0 Å². The molecule has 0 atom stereocenters. The van der Waals surface area contributed by atoms with Gasteiger partial charge in [-0.05, 0) is 18.2 Å². The third-order valence-corrected chi connectivity index (χ3v) is 2.12. The van der Waals surface area contributed by atoms with Gasteiger partial charge in [0.05, 0.1) is 5.69 Å². The van der Waals surface area contributed by atoms with Crippen molar-refractivity contribution in [2.45, 2.75) is 0 Å². The molecule has 0 saturated carbocycles. The molecular formula is C10H8F2N4O. The maximum Gasteiger partial charge on any atom is 0.274 e. The van der Waals surface area contributed by atoms with E-state index in [2.05, 4.69) is 15.4 Å². The van der Waals surface area contributed by atoms with E-state index in [9.17, 15) is 13.6 Å². The fourth-order valence-corrected chi connectivity index (χ4v) is 1.29. The molecule has 0 bridgehead atoms. The summed E-state index contributed by atoms with van der Waals surface area (Å²) in [5.41, 5.74) is 0.0753. The van der Waals surface area contributed by atoms with Crippen molar-refractivity contribution in [2.75, 3.05) is 5.32 Å². The molecule has 0 fully saturated rings. The van der Waals surface area contributed by atoms with E-state index in [1.165, 1.54) is 16.9 Å². The van der Waals surface area contributed by atoms with Crippen molar-refractivity contribution in [3.63, 3.8) is 0 Å². The molecular weight excluding hydrogens is 230 g/mol. The zero-order chi connectivity index (χ0) is 12.4. The van der Waals surface area contributed by atoms with Crippen LogP contribution in [0.15, 0.2) is 24.4 Å². The fraction of sp³-hybridized carbons (Fsp3) is 0.100. The number of pyridine rings is 1. The van der Waals surface area contributed by atoms with Gasteiger partial charge in [0.1, 0.15) is 5.69 Å². The van der Waals surface area contributed by atoms with Crippen LogP contribution in [0.2, 0.25) is 0 Å². The molecule has 0 aliphatic carbocycles. The summed E-state index contributed by atoms with van der Waals surface area (Å²) in [7, 11) is 1.58. The minimum atomic E-state index is -1.07. The number of rotatable bonds is 2. The molecule has 0 saturated heterocycles. The highest BCUT2D eigenvalue weighted by atomic mass is 19.1. The van der Waals surface area contributed by atoms with Gasteiger partial charge >= 0.3 is 0 Å². The van der Waals surface area contributed by atoms with Gasteiger partial charge in [-0.25, -0.2) is 0 Å². The van der Waals surface area contributed by atoms with Crippen LogP contribution >= 0.6 is 0 Å². The predicted octanol–water partition coefficient (Wildman–Crippen LogP) is 1.35. The molecule has 0 radical (unpaired) electrons. The summed E-state index contributed by atoms with van der Waals surface area (Å²) in [5.74, 6) is -2.56. The van der Waals surface area contributed by atoms with Gasteiger partial charge in [0.2, 0.25) is 11.9 Å². The van der Waals surface area contributed by atoms with Gasteiger partial charge in [0.15, 0.2) is 0 Å². The van der Waals surface area contributed by atoms with Crippen molar-refractivity contribution >= 4 is 11.6 Å². The zero-order valence-electron chi connectivity index (χ0n) is 8.82. The highest BCUT2D eigenvalue weighted by molar-refractivity contribution is 6.02. The summed E-state index contributed by atoms with van der Waals surface area (Å²) >= 11 is 0. The minimum Gasteiger partial charge on any atom is -0.317 e. The van der Waals surface area contributed by atoms with Crippen LogP contribution < -0.4 is 5.32 Å². The Hall–Kier alpha value is -2.31. The Morgan fingerprint density at radius 3 is 2.71 bits per heavy atom. The van der Waals surface area contributed by atoms with Crippen LogP contribution in [-0.2, 0) is 7.05 Å². The topological polar surface area (TPSA) is 59.8 Å². The maximum absolute atomic E-state index is 13.2. The molecule has 5 nitrogen and oxygen atoms in total. The number of carbonyl (C=O) groups is 1. The molecule has 7 heteroatoms. The first-order valence-corrected chi connectivity index (χ1v) is 4.69. The van der Waals surface area contributed by atoms with Crippen molar-refractivity contribution in [3.8, 4) is 0 Å². The first kappa shape index (κ1) is 11.2. The van der Waals surface area contributed by atoms with E-state index in [4.69, 9.17) is 0 Å². The van der Waals surface area contributed by atoms with Gasteiger partial charge in [-0.2, -0.15) is 18.9 Å². The molecule has 0 aliphatic rings. The van der Waals surface area contributed by atoms with Gasteiger partial charge in [-0.1, -0.05) is 0 Å². The van der Waals surface area contributed by atoms with Gasteiger partial charge < -0.3 is 5.32 Å². The molecule has 2 aromatic heterocycles. The number of hydrogen-bond acceptors (Lipinski definition) is 3. The van der Waals surface area contributed by atoms with Gasteiger partial charge in [0.25, 0.3) is 5.91 Å². The van der Waals surface area contributed by atoms with Crippen molar-refractivity contribution < 1.29 is 13.6 Å². The number of amides is 1. The lowest BCUT2D eigenvalue weighted by atomic mass is 10.3. The molecule has 1 amide bonds. The first-order valence-electron chi connectivity index (χ1n) is 4.69. The Morgan fingerprint density at radius 1 is 1.35 bits per heavy atom. The summed E-state index contributed by atoms with van der Waals surface area (Å²) in [6, 6.07) is 3.54. The number of aromatic nitrogens is 3. The Balaban J connectivity index is 2.22. The van der Waals surface area contributed by atoms with Crippen LogP contribution in [-0.4, -0.2) is 20.7 Å². The summed E-state index contributed by atoms with van der Waals surface area (Å²) < 4.78 is 27.0. The largest absolute Gasteiger partial charge is 0.317 e. The van der Waals surface area contributed by atoms with Crippen LogP contribution in [0.1, 0.15) is 10.5 Å². The maximum atomic E-state index is 13.2. The summed E-state index contributed by atoms with van der Waals surface area (Å²) in [5, 5.41) is 6.08. The van der Waals surface area contributed by atoms with E-state index in [0.717, 1.165) is 12.1 Å². The van der Waals surface area contributed by atoms with Crippen molar-refractivity contribution in [3.05, 3.63) is 42.0 Å². The van der Waals surface area contributed by atoms with Crippen LogP contribution in [0.3, 0.4) is 0 Å². The smallest absolute Gasteiger partial charge is 0.274 e. The highest BCUT2D eigenvalue weighted by Crippen LogP contribution is 2.12. The molecule has 2 heterocycles. The van der Waals surface area contributed by atoms with E-state index in [1.54, 1.807) is 7.05 Å². The second-order valence-electron chi connectivity index (χ2n) is 3.27. The third kappa shape index (κ3) is 2.27. The molecule has 0 aliphatic heterocycles. The lowest BCUT2D eigenvalue weighted by Crippen LogP contribution is -2.17. The van der Waals surface area contributed by atoms with E-state index in [1.807, 2.05) is 0 Å². The minimum absolute atomic E-state index is 0.183.